The maximum absolute atomic E-state index is 12.2. The number of carboxylic acids is 1. The third-order valence-corrected chi connectivity index (χ3v) is 4.06. The van der Waals surface area contributed by atoms with Crippen LogP contribution in [0.15, 0.2) is 47.3 Å². The van der Waals surface area contributed by atoms with E-state index in [-0.39, 0.29) is 17.7 Å². The van der Waals surface area contributed by atoms with Crippen LogP contribution in [0.2, 0.25) is 0 Å². The summed E-state index contributed by atoms with van der Waals surface area (Å²) in [6, 6.07) is 6.64. The molecule has 3 atom stereocenters. The molecule has 0 spiro atoms. The van der Waals surface area contributed by atoms with Gasteiger partial charge in [-0.25, -0.2) is 4.79 Å². The van der Waals surface area contributed by atoms with Crippen LogP contribution in [0, 0.1) is 5.92 Å². The summed E-state index contributed by atoms with van der Waals surface area (Å²) in [5.41, 5.74) is 8.85. The van der Waals surface area contributed by atoms with Gasteiger partial charge in [0.2, 0.25) is 0 Å². The van der Waals surface area contributed by atoms with Crippen LogP contribution in [0.1, 0.15) is 16.8 Å². The molecule has 1 aromatic carbocycles. The molecule has 2 rings (SSSR count). The number of hydrogen-bond donors (Lipinski definition) is 1. The average Bonchev–Trinajstić information content (AvgIpc) is 2.57. The summed E-state index contributed by atoms with van der Waals surface area (Å²) in [5, 5.41) is 12.6. The van der Waals surface area contributed by atoms with Gasteiger partial charge < -0.3 is 9.84 Å². The third kappa shape index (κ3) is 5.06. The maximum Gasteiger partial charge on any atom is 0.343 e. The van der Waals surface area contributed by atoms with Crippen molar-refractivity contribution < 1.29 is 32.0 Å². The predicted octanol–water partition coefficient (Wildman–Crippen LogP) is 1.86. The van der Waals surface area contributed by atoms with Crippen molar-refractivity contribution in [2.24, 2.45) is 11.0 Å². The summed E-state index contributed by atoms with van der Waals surface area (Å²) < 4.78 is 33.1. The maximum atomic E-state index is 12.2. The van der Waals surface area contributed by atoms with E-state index in [2.05, 4.69) is 10.0 Å². The molecular weight excluding hydrogens is 366 g/mol. The molecular formula is C15H15N3O7S. The molecule has 0 amide bonds. The summed E-state index contributed by atoms with van der Waals surface area (Å²) in [4.78, 5) is 26.2. The quantitative estimate of drug-likeness (QED) is 0.259. The molecule has 3 unspecified atom stereocenters. The standard InChI is InChI=1S/C15H15N3O7S/c1-26(22,23)25-13-11(17-18-16)7-10(14(19)20)8-12(13)24-15(21)9-5-3-2-4-6-9/h2-6,8,10-11,13H,7H2,1H3,(H,19,20). The molecule has 1 N–H and O–H groups in total. The molecule has 0 bridgehead atoms. The average molecular weight is 381 g/mol. The van der Waals surface area contributed by atoms with Crippen LogP contribution in [0.25, 0.3) is 10.4 Å². The molecule has 0 radical (unpaired) electrons. The number of carbonyl (C=O) groups excluding carboxylic acids is 1. The number of aliphatic carboxylic acids is 1. The first-order valence-corrected chi connectivity index (χ1v) is 9.17. The molecule has 10 nitrogen and oxygen atoms in total. The van der Waals surface area contributed by atoms with E-state index in [1.165, 1.54) is 12.1 Å². The molecule has 26 heavy (non-hydrogen) atoms. The van der Waals surface area contributed by atoms with Gasteiger partial charge in [-0.3, -0.25) is 8.98 Å². The van der Waals surface area contributed by atoms with Crippen LogP contribution < -0.4 is 0 Å². The second-order valence-corrected chi connectivity index (χ2v) is 7.10. The SMILES string of the molecule is CS(=O)(=O)OC1C(OC(=O)c2ccccc2)=CC(C(=O)O)CC1N=[N+]=[N-]. The Morgan fingerprint density at radius 2 is 1.96 bits per heavy atom. The number of rotatable bonds is 6. The Morgan fingerprint density at radius 1 is 1.31 bits per heavy atom. The second kappa shape index (κ2) is 8.00. The van der Waals surface area contributed by atoms with E-state index in [1.807, 2.05) is 0 Å². The number of hydrogen-bond acceptors (Lipinski definition) is 7. The van der Waals surface area contributed by atoms with Crippen molar-refractivity contribution in [2.45, 2.75) is 18.6 Å². The van der Waals surface area contributed by atoms with E-state index in [4.69, 9.17) is 14.5 Å². The Labute approximate surface area is 148 Å². The zero-order valence-corrected chi connectivity index (χ0v) is 14.4. The smallest absolute Gasteiger partial charge is 0.343 e. The Hall–Kier alpha value is -2.88. The van der Waals surface area contributed by atoms with Gasteiger partial charge in [0.05, 0.1) is 23.8 Å². The monoisotopic (exact) mass is 381 g/mol. The van der Waals surface area contributed by atoms with Crippen LogP contribution in [0.3, 0.4) is 0 Å². The van der Waals surface area contributed by atoms with Crippen LogP contribution in [-0.4, -0.2) is 43.9 Å². The van der Waals surface area contributed by atoms with Gasteiger partial charge in [-0.2, -0.15) is 8.42 Å². The fraction of sp³-hybridized carbons (Fsp3) is 0.333. The lowest BCUT2D eigenvalue weighted by Gasteiger charge is -2.30. The lowest BCUT2D eigenvalue weighted by molar-refractivity contribution is -0.140. The van der Waals surface area contributed by atoms with Gasteiger partial charge in [0, 0.05) is 4.91 Å². The van der Waals surface area contributed by atoms with Gasteiger partial charge in [0.1, 0.15) is 11.9 Å². The highest BCUT2D eigenvalue weighted by Crippen LogP contribution is 2.31. The van der Waals surface area contributed by atoms with Crippen LogP contribution in [0.5, 0.6) is 0 Å². The number of ether oxygens (including phenoxy) is 1. The first kappa shape index (κ1) is 19.4. The lowest BCUT2D eigenvalue weighted by Crippen LogP contribution is -2.39. The van der Waals surface area contributed by atoms with E-state index in [9.17, 15) is 23.1 Å². The number of azide groups is 1. The minimum absolute atomic E-state index is 0.171. The molecule has 11 heteroatoms. The molecule has 138 valence electrons. The first-order chi connectivity index (χ1) is 12.2. The van der Waals surface area contributed by atoms with Crippen LogP contribution in [-0.2, 0) is 23.8 Å². The van der Waals surface area contributed by atoms with Crippen molar-refractivity contribution >= 4 is 22.1 Å². The Bertz CT molecular complexity index is 876. The topological polar surface area (TPSA) is 156 Å². The summed E-state index contributed by atoms with van der Waals surface area (Å²) >= 11 is 0. The normalized spacial score (nSPS) is 22.7. The van der Waals surface area contributed by atoms with Crippen LogP contribution in [0.4, 0.5) is 0 Å². The summed E-state index contributed by atoms with van der Waals surface area (Å²) in [6.07, 6.45) is 0.221. The number of esters is 1. The second-order valence-electron chi connectivity index (χ2n) is 5.50. The number of carboxylic acid groups (broad SMARTS) is 1. The minimum atomic E-state index is -4.01. The van der Waals surface area contributed by atoms with Crippen molar-refractivity contribution in [2.75, 3.05) is 6.26 Å². The fourth-order valence-electron chi connectivity index (χ4n) is 2.41. The third-order valence-electron chi connectivity index (χ3n) is 3.51. The molecule has 1 aromatic rings. The lowest BCUT2D eigenvalue weighted by atomic mass is 9.89. The molecule has 0 saturated heterocycles. The summed E-state index contributed by atoms with van der Waals surface area (Å²) in [5.74, 6) is -3.54. The molecule has 0 aromatic heterocycles. The van der Waals surface area contributed by atoms with Gasteiger partial charge in [-0.05, 0) is 30.2 Å². The highest BCUT2D eigenvalue weighted by molar-refractivity contribution is 7.86. The van der Waals surface area contributed by atoms with Crippen molar-refractivity contribution in [3.8, 4) is 0 Å². The van der Waals surface area contributed by atoms with Crippen molar-refractivity contribution in [1.82, 2.24) is 0 Å². The van der Waals surface area contributed by atoms with Gasteiger partial charge in [0.15, 0.2) is 0 Å². The van der Waals surface area contributed by atoms with Crippen molar-refractivity contribution in [3.05, 3.63) is 58.2 Å². The Kier molecular flexibility index (Phi) is 5.98. The summed E-state index contributed by atoms with van der Waals surface area (Å²) in [7, 11) is -4.01. The van der Waals surface area contributed by atoms with E-state index >= 15 is 0 Å². The van der Waals surface area contributed by atoms with Crippen molar-refractivity contribution in [1.29, 1.82) is 0 Å². The molecule has 1 aliphatic carbocycles. The van der Waals surface area contributed by atoms with Gasteiger partial charge in [-0.15, -0.1) is 0 Å². The Balaban J connectivity index is 2.41. The highest BCUT2D eigenvalue weighted by Gasteiger charge is 2.39. The number of benzene rings is 1. The summed E-state index contributed by atoms with van der Waals surface area (Å²) in [6.45, 7) is 0. The Morgan fingerprint density at radius 3 is 2.50 bits per heavy atom. The zero-order valence-electron chi connectivity index (χ0n) is 13.5. The number of carbonyl (C=O) groups is 2. The highest BCUT2D eigenvalue weighted by atomic mass is 32.2. The van der Waals surface area contributed by atoms with E-state index in [0.29, 0.717) is 0 Å². The predicted molar refractivity (Wildman–Crippen MR) is 88.3 cm³/mol. The van der Waals surface area contributed by atoms with E-state index < -0.39 is 40.1 Å². The van der Waals surface area contributed by atoms with Gasteiger partial charge >= 0.3 is 11.9 Å². The van der Waals surface area contributed by atoms with Crippen molar-refractivity contribution in [3.63, 3.8) is 0 Å². The molecule has 1 aliphatic rings. The van der Waals surface area contributed by atoms with Crippen LogP contribution >= 0.6 is 0 Å². The number of nitrogens with zero attached hydrogens (tertiary/aromatic N) is 3. The van der Waals surface area contributed by atoms with E-state index in [0.717, 1.165) is 12.3 Å². The molecule has 0 heterocycles. The molecule has 0 aliphatic heterocycles. The molecule has 0 fully saturated rings. The fourth-order valence-corrected chi connectivity index (χ4v) is 3.01. The zero-order chi connectivity index (χ0) is 19.3. The van der Waals surface area contributed by atoms with Gasteiger partial charge in [-0.1, -0.05) is 23.3 Å². The first-order valence-electron chi connectivity index (χ1n) is 7.35. The molecule has 0 saturated carbocycles. The minimum Gasteiger partial charge on any atom is -0.481 e. The van der Waals surface area contributed by atoms with Gasteiger partial charge in [0.25, 0.3) is 10.1 Å². The van der Waals surface area contributed by atoms with E-state index in [1.54, 1.807) is 18.2 Å². The largest absolute Gasteiger partial charge is 0.481 e.